The Kier molecular flexibility index (Phi) is 8.92. The standard InChI is InChI=1S/C10H21NO2.C3H4N2/c1-3-5-7-10(11,9(12)13)8-6-4-2;1-2-5-3-4-1/h3-8,11H2,1-2H3,(H,12,13);1-3H,(H,4,5). The van der Waals surface area contributed by atoms with E-state index in [0.717, 1.165) is 25.7 Å². The Balaban J connectivity index is 0.000000473. The monoisotopic (exact) mass is 255 g/mol. The number of unbranched alkanes of at least 4 members (excludes halogenated alkanes) is 2. The first-order valence-corrected chi connectivity index (χ1v) is 6.51. The Bertz CT molecular complexity index is 274. The van der Waals surface area contributed by atoms with Gasteiger partial charge in [-0.1, -0.05) is 39.5 Å². The SMILES string of the molecule is CCCCC(N)(CCCC)C(=O)O.c1c[nH]cn1. The Morgan fingerprint density at radius 2 is 1.89 bits per heavy atom. The first kappa shape index (κ1) is 16.6. The molecule has 18 heavy (non-hydrogen) atoms. The van der Waals surface area contributed by atoms with Crippen LogP contribution in [0.4, 0.5) is 0 Å². The first-order chi connectivity index (χ1) is 8.56. The molecule has 5 nitrogen and oxygen atoms in total. The lowest BCUT2D eigenvalue weighted by Crippen LogP contribution is -2.47. The maximum Gasteiger partial charge on any atom is 0.323 e. The average Bonchev–Trinajstić information content (AvgIpc) is 2.92. The van der Waals surface area contributed by atoms with Gasteiger partial charge in [-0.05, 0) is 12.8 Å². The van der Waals surface area contributed by atoms with Gasteiger partial charge in [-0.25, -0.2) is 4.98 Å². The molecule has 1 heterocycles. The molecule has 0 unspecified atom stereocenters. The molecule has 5 heteroatoms. The van der Waals surface area contributed by atoms with Crippen LogP contribution in [0.2, 0.25) is 0 Å². The number of aromatic amines is 1. The zero-order chi connectivity index (χ0) is 13.9. The lowest BCUT2D eigenvalue weighted by molar-refractivity contribution is -0.144. The van der Waals surface area contributed by atoms with E-state index in [-0.39, 0.29) is 0 Å². The summed E-state index contributed by atoms with van der Waals surface area (Å²) >= 11 is 0. The van der Waals surface area contributed by atoms with Crippen LogP contribution in [0, 0.1) is 0 Å². The summed E-state index contributed by atoms with van der Waals surface area (Å²) in [6, 6.07) is 0. The summed E-state index contributed by atoms with van der Waals surface area (Å²) in [6.45, 7) is 4.09. The van der Waals surface area contributed by atoms with Gasteiger partial charge in [0.2, 0.25) is 0 Å². The zero-order valence-electron chi connectivity index (χ0n) is 11.4. The summed E-state index contributed by atoms with van der Waals surface area (Å²) in [7, 11) is 0. The zero-order valence-corrected chi connectivity index (χ0v) is 11.4. The van der Waals surface area contributed by atoms with Crippen molar-refractivity contribution in [3.8, 4) is 0 Å². The molecule has 0 aliphatic rings. The molecule has 0 bridgehead atoms. The number of aromatic nitrogens is 2. The predicted octanol–water partition coefficient (Wildman–Crippen LogP) is 2.56. The smallest absolute Gasteiger partial charge is 0.323 e. The van der Waals surface area contributed by atoms with E-state index in [1.165, 1.54) is 0 Å². The third-order valence-electron chi connectivity index (χ3n) is 2.78. The third kappa shape index (κ3) is 7.06. The van der Waals surface area contributed by atoms with E-state index in [1.807, 2.05) is 13.8 Å². The van der Waals surface area contributed by atoms with E-state index >= 15 is 0 Å². The predicted molar refractivity (Wildman–Crippen MR) is 72.2 cm³/mol. The normalized spacial score (nSPS) is 10.6. The Morgan fingerprint density at radius 3 is 2.11 bits per heavy atom. The highest BCUT2D eigenvalue weighted by atomic mass is 16.4. The Morgan fingerprint density at radius 1 is 1.33 bits per heavy atom. The van der Waals surface area contributed by atoms with E-state index < -0.39 is 11.5 Å². The van der Waals surface area contributed by atoms with Crippen LogP contribution < -0.4 is 5.73 Å². The second-order valence-electron chi connectivity index (χ2n) is 4.43. The fraction of sp³-hybridized carbons (Fsp3) is 0.692. The summed E-state index contributed by atoms with van der Waals surface area (Å²) in [4.78, 5) is 17.3. The molecule has 1 rings (SSSR count). The first-order valence-electron chi connectivity index (χ1n) is 6.51. The van der Waals surface area contributed by atoms with Crippen LogP contribution in [-0.2, 0) is 4.79 Å². The van der Waals surface area contributed by atoms with Gasteiger partial charge in [-0.15, -0.1) is 0 Å². The van der Waals surface area contributed by atoms with E-state index in [1.54, 1.807) is 18.7 Å². The van der Waals surface area contributed by atoms with Crippen LogP contribution in [0.15, 0.2) is 18.7 Å². The van der Waals surface area contributed by atoms with Gasteiger partial charge in [0.05, 0.1) is 6.33 Å². The fourth-order valence-corrected chi connectivity index (χ4v) is 1.54. The molecular formula is C13H25N3O2. The van der Waals surface area contributed by atoms with Crippen molar-refractivity contribution >= 4 is 5.97 Å². The van der Waals surface area contributed by atoms with Crippen LogP contribution in [-0.4, -0.2) is 26.6 Å². The Labute approximate surface area is 109 Å². The number of hydrogen-bond acceptors (Lipinski definition) is 3. The number of carboxylic acid groups (broad SMARTS) is 1. The fourth-order valence-electron chi connectivity index (χ4n) is 1.54. The molecule has 0 fully saturated rings. The maximum absolute atomic E-state index is 10.9. The summed E-state index contributed by atoms with van der Waals surface area (Å²) in [5.41, 5.74) is 4.83. The van der Waals surface area contributed by atoms with Gasteiger partial charge in [0.25, 0.3) is 0 Å². The number of imidazole rings is 1. The maximum atomic E-state index is 10.9. The molecule has 0 amide bonds. The van der Waals surface area contributed by atoms with E-state index in [9.17, 15) is 4.79 Å². The molecule has 0 aliphatic carbocycles. The molecular weight excluding hydrogens is 230 g/mol. The third-order valence-corrected chi connectivity index (χ3v) is 2.78. The number of nitrogens with one attached hydrogen (secondary N) is 1. The number of hydrogen-bond donors (Lipinski definition) is 3. The molecule has 1 aromatic heterocycles. The second kappa shape index (κ2) is 9.65. The molecule has 0 saturated heterocycles. The van der Waals surface area contributed by atoms with E-state index in [4.69, 9.17) is 10.8 Å². The summed E-state index contributed by atoms with van der Waals surface area (Å²) in [6.07, 6.45) is 10.1. The number of H-pyrrole nitrogens is 1. The van der Waals surface area contributed by atoms with Crippen LogP contribution >= 0.6 is 0 Å². The number of rotatable bonds is 7. The van der Waals surface area contributed by atoms with Crippen LogP contribution in [0.3, 0.4) is 0 Å². The van der Waals surface area contributed by atoms with E-state index in [0.29, 0.717) is 12.8 Å². The Hall–Kier alpha value is -1.36. The molecule has 0 aromatic carbocycles. The summed E-state index contributed by atoms with van der Waals surface area (Å²) in [5.74, 6) is -0.852. The van der Waals surface area contributed by atoms with Gasteiger partial charge in [-0.3, -0.25) is 4.79 Å². The van der Waals surface area contributed by atoms with Crippen LogP contribution in [0.1, 0.15) is 52.4 Å². The van der Waals surface area contributed by atoms with Gasteiger partial charge < -0.3 is 15.8 Å². The van der Waals surface area contributed by atoms with Crippen molar-refractivity contribution in [1.82, 2.24) is 9.97 Å². The van der Waals surface area contributed by atoms with Gasteiger partial charge in [0.15, 0.2) is 0 Å². The van der Waals surface area contributed by atoms with Crippen molar-refractivity contribution < 1.29 is 9.90 Å². The number of aliphatic carboxylic acids is 1. The molecule has 0 aliphatic heterocycles. The minimum Gasteiger partial charge on any atom is -0.480 e. The molecule has 0 saturated carbocycles. The summed E-state index contributed by atoms with van der Waals surface area (Å²) < 4.78 is 0. The van der Waals surface area contributed by atoms with Gasteiger partial charge in [-0.2, -0.15) is 0 Å². The highest BCUT2D eigenvalue weighted by Crippen LogP contribution is 2.18. The van der Waals surface area contributed by atoms with Crippen LogP contribution in [0.25, 0.3) is 0 Å². The largest absolute Gasteiger partial charge is 0.480 e. The molecule has 0 spiro atoms. The number of carboxylic acids is 1. The van der Waals surface area contributed by atoms with Crippen molar-refractivity contribution in [1.29, 1.82) is 0 Å². The summed E-state index contributed by atoms with van der Waals surface area (Å²) in [5, 5.41) is 8.96. The van der Waals surface area contributed by atoms with Crippen molar-refractivity contribution in [3.63, 3.8) is 0 Å². The molecule has 4 N–H and O–H groups in total. The molecule has 0 radical (unpaired) electrons. The minimum absolute atomic E-state index is 0.596. The highest BCUT2D eigenvalue weighted by Gasteiger charge is 2.31. The molecule has 0 atom stereocenters. The average molecular weight is 255 g/mol. The molecule has 104 valence electrons. The minimum atomic E-state index is -0.980. The number of nitrogens with two attached hydrogens (primary N) is 1. The number of nitrogens with zero attached hydrogens (tertiary/aromatic N) is 1. The topological polar surface area (TPSA) is 92.0 Å². The number of carbonyl (C=O) groups is 1. The molecule has 1 aromatic rings. The van der Waals surface area contributed by atoms with Crippen molar-refractivity contribution in [3.05, 3.63) is 18.7 Å². The van der Waals surface area contributed by atoms with Crippen molar-refractivity contribution in [2.45, 2.75) is 57.9 Å². The van der Waals surface area contributed by atoms with E-state index in [2.05, 4.69) is 9.97 Å². The van der Waals surface area contributed by atoms with Crippen molar-refractivity contribution in [2.24, 2.45) is 5.73 Å². The highest BCUT2D eigenvalue weighted by molar-refractivity contribution is 5.78. The van der Waals surface area contributed by atoms with Crippen molar-refractivity contribution in [2.75, 3.05) is 0 Å². The van der Waals surface area contributed by atoms with Crippen LogP contribution in [0.5, 0.6) is 0 Å². The lowest BCUT2D eigenvalue weighted by Gasteiger charge is -2.24. The van der Waals surface area contributed by atoms with Gasteiger partial charge in [0.1, 0.15) is 5.54 Å². The second-order valence-corrected chi connectivity index (χ2v) is 4.43. The lowest BCUT2D eigenvalue weighted by atomic mass is 9.88. The van der Waals surface area contributed by atoms with Gasteiger partial charge in [0, 0.05) is 12.4 Å². The van der Waals surface area contributed by atoms with Gasteiger partial charge >= 0.3 is 5.97 Å². The quantitative estimate of drug-likeness (QED) is 0.698.